The molecule has 0 aliphatic rings. The molecule has 3 heteroatoms. The van der Waals surface area contributed by atoms with Gasteiger partial charge in [0.2, 0.25) is 0 Å². The molecule has 4 aromatic rings. The van der Waals surface area contributed by atoms with Gasteiger partial charge in [-0.3, -0.25) is 0 Å². The lowest BCUT2D eigenvalue weighted by Gasteiger charge is -2.20. The van der Waals surface area contributed by atoms with Crippen molar-refractivity contribution >= 4 is 33.3 Å². The summed E-state index contributed by atoms with van der Waals surface area (Å²) in [5.41, 5.74) is 5.49. The molecular weight excluding hydrogens is 308 g/mol. The number of rotatable bonds is 3. The van der Waals surface area contributed by atoms with Crippen LogP contribution in [0.4, 0.5) is 11.4 Å². The van der Waals surface area contributed by atoms with Gasteiger partial charge in [0.1, 0.15) is 11.7 Å². The second-order valence-electron chi connectivity index (χ2n) is 6.09. The first-order valence-electron chi connectivity index (χ1n) is 8.40. The third kappa shape index (κ3) is 2.35. The fourth-order valence-corrected chi connectivity index (χ4v) is 3.40. The molecule has 0 unspecified atom stereocenters. The first-order chi connectivity index (χ1) is 12.2. The molecule has 0 saturated heterocycles. The van der Waals surface area contributed by atoms with E-state index in [9.17, 15) is 5.26 Å². The van der Waals surface area contributed by atoms with Crippen LogP contribution in [0.25, 0.3) is 21.9 Å². The molecular formula is C22H18N2O. The van der Waals surface area contributed by atoms with Gasteiger partial charge in [-0.15, -0.1) is 0 Å². The van der Waals surface area contributed by atoms with Crippen molar-refractivity contribution in [3.05, 3.63) is 71.8 Å². The van der Waals surface area contributed by atoms with E-state index in [1.807, 2.05) is 48.3 Å². The van der Waals surface area contributed by atoms with E-state index in [1.165, 1.54) is 5.56 Å². The highest BCUT2D eigenvalue weighted by Gasteiger charge is 2.17. The lowest BCUT2D eigenvalue weighted by Crippen LogP contribution is -2.11. The van der Waals surface area contributed by atoms with Gasteiger partial charge < -0.3 is 9.32 Å². The minimum atomic E-state index is 0.646. The molecule has 1 aromatic heterocycles. The monoisotopic (exact) mass is 326 g/mol. The van der Waals surface area contributed by atoms with Crippen LogP contribution in [-0.4, -0.2) is 7.05 Å². The smallest absolute Gasteiger partial charge is 0.159 e. The second-order valence-corrected chi connectivity index (χ2v) is 6.09. The van der Waals surface area contributed by atoms with E-state index >= 15 is 0 Å². The number of anilines is 2. The van der Waals surface area contributed by atoms with Gasteiger partial charge in [0.05, 0.1) is 16.9 Å². The minimum absolute atomic E-state index is 0.646. The molecule has 25 heavy (non-hydrogen) atoms. The first kappa shape index (κ1) is 15.3. The van der Waals surface area contributed by atoms with Crippen molar-refractivity contribution < 1.29 is 4.42 Å². The van der Waals surface area contributed by atoms with Gasteiger partial charge in [-0.1, -0.05) is 49.4 Å². The van der Waals surface area contributed by atoms with Gasteiger partial charge in [0.25, 0.3) is 0 Å². The zero-order valence-corrected chi connectivity index (χ0v) is 14.3. The van der Waals surface area contributed by atoms with Crippen LogP contribution in [-0.2, 0) is 6.42 Å². The van der Waals surface area contributed by atoms with E-state index in [1.54, 1.807) is 0 Å². The maximum atomic E-state index is 9.41. The molecule has 0 spiro atoms. The summed E-state index contributed by atoms with van der Waals surface area (Å²) in [4.78, 5) is 2.02. The van der Waals surface area contributed by atoms with Crippen molar-refractivity contribution in [2.45, 2.75) is 13.3 Å². The fraction of sp³-hybridized carbons (Fsp3) is 0.136. The number of benzene rings is 3. The average Bonchev–Trinajstić information content (AvgIpc) is 3.06. The van der Waals surface area contributed by atoms with E-state index in [0.29, 0.717) is 5.56 Å². The molecule has 0 N–H and O–H groups in total. The standard InChI is InChI=1S/C22H18N2O/c1-3-15-9-6-10-17-18-11-7-13-20(22(18)25-21(15)17)24(2)19-12-5-4-8-16(19)14-23/h4-13H,3H2,1-2H3. The van der Waals surface area contributed by atoms with Crippen molar-refractivity contribution in [1.29, 1.82) is 5.26 Å². The second kappa shape index (κ2) is 5.99. The maximum Gasteiger partial charge on any atom is 0.159 e. The van der Waals surface area contributed by atoms with Crippen LogP contribution >= 0.6 is 0 Å². The minimum Gasteiger partial charge on any atom is -0.454 e. The van der Waals surface area contributed by atoms with Crippen LogP contribution in [0.2, 0.25) is 0 Å². The molecule has 4 rings (SSSR count). The lowest BCUT2D eigenvalue weighted by atomic mass is 10.1. The molecule has 3 aromatic carbocycles. The highest BCUT2D eigenvalue weighted by Crippen LogP contribution is 2.38. The van der Waals surface area contributed by atoms with E-state index in [-0.39, 0.29) is 0 Å². The summed E-state index contributed by atoms with van der Waals surface area (Å²) in [7, 11) is 1.97. The van der Waals surface area contributed by atoms with Gasteiger partial charge in [-0.05, 0) is 30.2 Å². The molecule has 0 radical (unpaired) electrons. The van der Waals surface area contributed by atoms with Gasteiger partial charge in [-0.2, -0.15) is 5.26 Å². The number of hydrogen-bond donors (Lipinski definition) is 0. The van der Waals surface area contributed by atoms with Crippen molar-refractivity contribution in [3.8, 4) is 6.07 Å². The largest absolute Gasteiger partial charge is 0.454 e. The summed E-state index contributed by atoms with van der Waals surface area (Å²) in [6, 6.07) is 22.3. The van der Waals surface area contributed by atoms with Crippen LogP contribution in [0.5, 0.6) is 0 Å². The van der Waals surface area contributed by atoms with Gasteiger partial charge in [0, 0.05) is 17.8 Å². The van der Waals surface area contributed by atoms with Gasteiger partial charge in [0.15, 0.2) is 5.58 Å². The third-order valence-electron chi connectivity index (χ3n) is 4.71. The third-order valence-corrected chi connectivity index (χ3v) is 4.71. The normalized spacial score (nSPS) is 10.9. The lowest BCUT2D eigenvalue weighted by molar-refractivity contribution is 0.663. The molecule has 1 heterocycles. The van der Waals surface area contributed by atoms with Gasteiger partial charge >= 0.3 is 0 Å². The number of aryl methyl sites for hydroxylation is 1. The predicted molar refractivity (Wildman–Crippen MR) is 102 cm³/mol. The Kier molecular flexibility index (Phi) is 3.66. The van der Waals surface area contributed by atoms with E-state index < -0.39 is 0 Å². The number of hydrogen-bond acceptors (Lipinski definition) is 3. The molecule has 0 aliphatic carbocycles. The average molecular weight is 326 g/mol. The molecule has 0 fully saturated rings. The van der Waals surface area contributed by atoms with Crippen LogP contribution < -0.4 is 4.90 Å². The fourth-order valence-electron chi connectivity index (χ4n) is 3.40. The number of nitrogens with zero attached hydrogens (tertiary/aromatic N) is 2. The molecule has 0 aliphatic heterocycles. The topological polar surface area (TPSA) is 40.2 Å². The summed E-state index contributed by atoms with van der Waals surface area (Å²) in [5, 5.41) is 11.6. The van der Waals surface area contributed by atoms with Crippen LogP contribution in [0, 0.1) is 11.3 Å². The zero-order valence-electron chi connectivity index (χ0n) is 14.3. The van der Waals surface area contributed by atoms with Crippen LogP contribution in [0.15, 0.2) is 65.1 Å². The first-order valence-corrected chi connectivity index (χ1v) is 8.40. The summed E-state index contributed by atoms with van der Waals surface area (Å²) in [6.45, 7) is 2.14. The Morgan fingerprint density at radius 1 is 0.880 bits per heavy atom. The van der Waals surface area contributed by atoms with E-state index in [4.69, 9.17) is 4.42 Å². The number of furan rings is 1. The highest BCUT2D eigenvalue weighted by molar-refractivity contribution is 6.10. The summed E-state index contributed by atoms with van der Waals surface area (Å²) in [6.07, 6.45) is 0.930. The molecule has 0 bridgehead atoms. The highest BCUT2D eigenvalue weighted by atomic mass is 16.3. The Balaban J connectivity index is 1.98. The van der Waals surface area contributed by atoms with Crippen molar-refractivity contribution in [1.82, 2.24) is 0 Å². The Hall–Kier alpha value is -3.25. The number of para-hydroxylation sites is 3. The Morgan fingerprint density at radius 2 is 1.56 bits per heavy atom. The zero-order chi connectivity index (χ0) is 17.4. The summed E-state index contributed by atoms with van der Waals surface area (Å²) in [5.74, 6) is 0. The Labute approximate surface area is 146 Å². The van der Waals surface area contributed by atoms with Crippen LogP contribution in [0.3, 0.4) is 0 Å². The van der Waals surface area contributed by atoms with Gasteiger partial charge in [-0.25, -0.2) is 0 Å². The van der Waals surface area contributed by atoms with Crippen molar-refractivity contribution in [2.24, 2.45) is 0 Å². The molecule has 122 valence electrons. The molecule has 0 amide bonds. The summed E-state index contributed by atoms with van der Waals surface area (Å²) >= 11 is 0. The maximum absolute atomic E-state index is 9.41. The molecule has 0 atom stereocenters. The Bertz CT molecular complexity index is 1120. The van der Waals surface area contributed by atoms with Crippen molar-refractivity contribution in [3.63, 3.8) is 0 Å². The SMILES string of the molecule is CCc1cccc2c1oc1c(N(C)c3ccccc3C#N)cccc12. The predicted octanol–water partition coefficient (Wildman–Crippen LogP) is 5.79. The van der Waals surface area contributed by atoms with Crippen LogP contribution in [0.1, 0.15) is 18.1 Å². The van der Waals surface area contributed by atoms with Crippen molar-refractivity contribution in [2.75, 3.05) is 11.9 Å². The van der Waals surface area contributed by atoms with E-state index in [2.05, 4.69) is 37.3 Å². The Morgan fingerprint density at radius 3 is 2.32 bits per heavy atom. The number of nitriles is 1. The quantitative estimate of drug-likeness (QED) is 0.478. The molecule has 3 nitrogen and oxygen atoms in total. The number of fused-ring (bicyclic) bond motifs is 3. The van der Waals surface area contributed by atoms with E-state index in [0.717, 1.165) is 39.7 Å². The summed E-state index contributed by atoms with van der Waals surface area (Å²) < 4.78 is 6.30. The molecule has 0 saturated carbocycles.